The van der Waals surface area contributed by atoms with Crippen LogP contribution in [0.2, 0.25) is 0 Å². The van der Waals surface area contributed by atoms with Crippen molar-refractivity contribution >= 4 is 5.97 Å². The van der Waals surface area contributed by atoms with E-state index in [9.17, 15) is 4.79 Å². The van der Waals surface area contributed by atoms with E-state index >= 15 is 0 Å². The lowest BCUT2D eigenvalue weighted by Crippen LogP contribution is -2.14. The second-order valence-corrected chi connectivity index (χ2v) is 4.43. The Morgan fingerprint density at radius 2 is 1.75 bits per heavy atom. The van der Waals surface area contributed by atoms with Crippen LogP contribution in [0.5, 0.6) is 5.75 Å². The van der Waals surface area contributed by atoms with Gasteiger partial charge in [-0.25, -0.2) is 4.79 Å². The van der Waals surface area contributed by atoms with Gasteiger partial charge in [-0.1, -0.05) is 36.4 Å². The van der Waals surface area contributed by atoms with E-state index in [-0.39, 0.29) is 12.6 Å². The number of ether oxygens (including phenoxy) is 2. The predicted octanol–water partition coefficient (Wildman–Crippen LogP) is 3.60. The van der Waals surface area contributed by atoms with Crippen LogP contribution in [0.15, 0.2) is 48.5 Å². The van der Waals surface area contributed by atoms with Gasteiger partial charge in [0.2, 0.25) is 0 Å². The molecular weight excluding hydrogens is 252 g/mol. The Morgan fingerprint density at radius 1 is 1.05 bits per heavy atom. The van der Waals surface area contributed by atoms with E-state index in [2.05, 4.69) is 19.1 Å². The molecule has 0 spiro atoms. The molecule has 0 N–H and O–H groups in total. The normalized spacial score (nSPS) is 10.1. The molecule has 104 valence electrons. The first kappa shape index (κ1) is 14.1. The van der Waals surface area contributed by atoms with Crippen molar-refractivity contribution in [3.05, 3.63) is 54.1 Å². The van der Waals surface area contributed by atoms with Gasteiger partial charge in [-0.15, -0.1) is 0 Å². The minimum Gasteiger partial charge on any atom is -0.482 e. The van der Waals surface area contributed by atoms with Crippen molar-refractivity contribution < 1.29 is 14.3 Å². The molecular formula is C17H18O3. The summed E-state index contributed by atoms with van der Waals surface area (Å²) in [5, 5.41) is 0. The molecule has 3 nitrogen and oxygen atoms in total. The van der Waals surface area contributed by atoms with Crippen LogP contribution in [-0.4, -0.2) is 19.2 Å². The number of esters is 1. The van der Waals surface area contributed by atoms with Crippen LogP contribution in [0.4, 0.5) is 0 Å². The molecule has 0 aliphatic carbocycles. The zero-order chi connectivity index (χ0) is 14.4. The number of hydrogen-bond acceptors (Lipinski definition) is 3. The first-order valence-electron chi connectivity index (χ1n) is 6.65. The molecule has 0 aliphatic heterocycles. The van der Waals surface area contributed by atoms with Crippen molar-refractivity contribution in [2.45, 2.75) is 13.8 Å². The van der Waals surface area contributed by atoms with Gasteiger partial charge in [0.15, 0.2) is 6.61 Å². The van der Waals surface area contributed by atoms with E-state index in [1.807, 2.05) is 36.4 Å². The summed E-state index contributed by atoms with van der Waals surface area (Å²) in [7, 11) is 0. The largest absolute Gasteiger partial charge is 0.482 e. The van der Waals surface area contributed by atoms with Crippen LogP contribution >= 0.6 is 0 Å². The van der Waals surface area contributed by atoms with Gasteiger partial charge in [-0.2, -0.15) is 0 Å². The number of aryl methyl sites for hydroxylation is 1. The fraction of sp³-hybridized carbons (Fsp3) is 0.235. The average molecular weight is 270 g/mol. The molecule has 0 unspecified atom stereocenters. The summed E-state index contributed by atoms with van der Waals surface area (Å²) < 4.78 is 10.2. The Kier molecular flexibility index (Phi) is 4.77. The highest BCUT2D eigenvalue weighted by atomic mass is 16.6. The van der Waals surface area contributed by atoms with Crippen molar-refractivity contribution in [1.82, 2.24) is 0 Å². The van der Waals surface area contributed by atoms with E-state index in [1.165, 1.54) is 11.1 Å². The van der Waals surface area contributed by atoms with Gasteiger partial charge in [0.1, 0.15) is 5.75 Å². The minimum atomic E-state index is -0.351. The van der Waals surface area contributed by atoms with Crippen LogP contribution in [0, 0.1) is 6.92 Å². The lowest BCUT2D eigenvalue weighted by molar-refractivity contribution is -0.145. The molecule has 2 aromatic carbocycles. The Bertz CT molecular complexity index is 573. The van der Waals surface area contributed by atoms with Crippen molar-refractivity contribution in [3.63, 3.8) is 0 Å². The predicted molar refractivity (Wildman–Crippen MR) is 78.7 cm³/mol. The SMILES string of the molecule is CCOC(=O)COc1ccc(-c2ccccc2C)cc1. The number of rotatable bonds is 5. The van der Waals surface area contributed by atoms with Crippen LogP contribution in [0.1, 0.15) is 12.5 Å². The Labute approximate surface area is 119 Å². The summed E-state index contributed by atoms with van der Waals surface area (Å²) in [5.41, 5.74) is 3.56. The van der Waals surface area contributed by atoms with E-state index < -0.39 is 0 Å². The van der Waals surface area contributed by atoms with E-state index in [0.717, 1.165) is 5.56 Å². The number of hydrogen-bond donors (Lipinski definition) is 0. The van der Waals surface area contributed by atoms with Gasteiger partial charge in [-0.3, -0.25) is 0 Å². The molecule has 0 radical (unpaired) electrons. The van der Waals surface area contributed by atoms with Gasteiger partial charge in [0.05, 0.1) is 6.61 Å². The third-order valence-corrected chi connectivity index (χ3v) is 2.97. The van der Waals surface area contributed by atoms with Gasteiger partial charge in [-0.05, 0) is 42.7 Å². The highest BCUT2D eigenvalue weighted by molar-refractivity contribution is 5.71. The minimum absolute atomic E-state index is 0.0580. The molecule has 3 heteroatoms. The molecule has 2 rings (SSSR count). The van der Waals surface area contributed by atoms with Crippen molar-refractivity contribution in [2.75, 3.05) is 13.2 Å². The summed E-state index contributed by atoms with van der Waals surface area (Å²) in [6.07, 6.45) is 0. The molecule has 2 aromatic rings. The molecule has 0 atom stereocenters. The van der Waals surface area contributed by atoms with Crippen LogP contribution in [0.3, 0.4) is 0 Å². The maximum Gasteiger partial charge on any atom is 0.344 e. The van der Waals surface area contributed by atoms with Crippen LogP contribution in [0.25, 0.3) is 11.1 Å². The summed E-state index contributed by atoms with van der Waals surface area (Å²) in [6, 6.07) is 15.9. The highest BCUT2D eigenvalue weighted by Crippen LogP contribution is 2.25. The molecule has 20 heavy (non-hydrogen) atoms. The molecule has 0 aliphatic rings. The fourth-order valence-electron chi connectivity index (χ4n) is 1.97. The Balaban J connectivity index is 2.03. The number of carbonyl (C=O) groups excluding carboxylic acids is 1. The topological polar surface area (TPSA) is 35.5 Å². The fourth-order valence-corrected chi connectivity index (χ4v) is 1.97. The molecule has 0 heterocycles. The summed E-state index contributed by atoms with van der Waals surface area (Å²) in [4.78, 5) is 11.2. The molecule has 0 bridgehead atoms. The lowest BCUT2D eigenvalue weighted by atomic mass is 10.0. The quantitative estimate of drug-likeness (QED) is 0.779. The van der Waals surface area contributed by atoms with E-state index in [4.69, 9.17) is 9.47 Å². The number of benzene rings is 2. The average Bonchev–Trinajstić information content (AvgIpc) is 2.47. The van der Waals surface area contributed by atoms with E-state index in [0.29, 0.717) is 12.4 Å². The van der Waals surface area contributed by atoms with Crippen LogP contribution in [-0.2, 0) is 9.53 Å². The Morgan fingerprint density at radius 3 is 2.40 bits per heavy atom. The van der Waals surface area contributed by atoms with Gasteiger partial charge in [0.25, 0.3) is 0 Å². The van der Waals surface area contributed by atoms with Crippen molar-refractivity contribution in [1.29, 1.82) is 0 Å². The molecule has 0 amide bonds. The van der Waals surface area contributed by atoms with E-state index in [1.54, 1.807) is 6.92 Å². The highest BCUT2D eigenvalue weighted by Gasteiger charge is 2.04. The van der Waals surface area contributed by atoms with Gasteiger partial charge < -0.3 is 9.47 Å². The maximum atomic E-state index is 11.2. The first-order valence-corrected chi connectivity index (χ1v) is 6.65. The monoisotopic (exact) mass is 270 g/mol. The van der Waals surface area contributed by atoms with Crippen molar-refractivity contribution in [2.24, 2.45) is 0 Å². The standard InChI is InChI=1S/C17H18O3/c1-3-19-17(18)12-20-15-10-8-14(9-11-15)16-7-5-4-6-13(16)2/h4-11H,3,12H2,1-2H3. The third kappa shape index (κ3) is 3.60. The lowest BCUT2D eigenvalue weighted by Gasteiger charge is -2.08. The van der Waals surface area contributed by atoms with Gasteiger partial charge in [0, 0.05) is 0 Å². The first-order chi connectivity index (χ1) is 9.70. The smallest absolute Gasteiger partial charge is 0.344 e. The Hall–Kier alpha value is -2.29. The molecule has 0 aromatic heterocycles. The second kappa shape index (κ2) is 6.75. The molecule has 0 saturated carbocycles. The summed E-state index contributed by atoms with van der Waals surface area (Å²) in [5.74, 6) is 0.311. The zero-order valence-electron chi connectivity index (χ0n) is 11.8. The summed E-state index contributed by atoms with van der Waals surface area (Å²) in [6.45, 7) is 4.17. The van der Waals surface area contributed by atoms with Crippen LogP contribution < -0.4 is 4.74 Å². The molecule has 0 saturated heterocycles. The second-order valence-electron chi connectivity index (χ2n) is 4.43. The van der Waals surface area contributed by atoms with Gasteiger partial charge >= 0.3 is 5.97 Å². The zero-order valence-corrected chi connectivity index (χ0v) is 11.8. The van der Waals surface area contributed by atoms with Crippen molar-refractivity contribution in [3.8, 4) is 16.9 Å². The summed E-state index contributed by atoms with van der Waals surface area (Å²) >= 11 is 0. The maximum absolute atomic E-state index is 11.2. The molecule has 0 fully saturated rings. The third-order valence-electron chi connectivity index (χ3n) is 2.97. The number of carbonyl (C=O) groups is 1.